The van der Waals surface area contributed by atoms with E-state index >= 15 is 0 Å². The van der Waals surface area contributed by atoms with Gasteiger partial charge < -0.3 is 4.74 Å². The fourth-order valence-corrected chi connectivity index (χ4v) is 1.83. The van der Waals surface area contributed by atoms with Gasteiger partial charge in [0.25, 0.3) is 6.10 Å². The van der Waals surface area contributed by atoms with Crippen molar-refractivity contribution in [2.75, 3.05) is 6.61 Å². The average molecular weight is 302 g/mol. The Bertz CT molecular complexity index is 355. The molecular formula is C7H12O9P2+2. The molecule has 0 saturated carbocycles. The first-order valence-electron chi connectivity index (χ1n) is 4.62. The molecule has 0 fully saturated rings. The van der Waals surface area contributed by atoms with E-state index in [0.29, 0.717) is 0 Å². The molecule has 0 heterocycles. The summed E-state index contributed by atoms with van der Waals surface area (Å²) in [6, 6.07) is 0. The van der Waals surface area contributed by atoms with Crippen molar-refractivity contribution in [3.63, 3.8) is 0 Å². The monoisotopic (exact) mass is 302 g/mol. The number of hydrogen-bond acceptors (Lipinski definition) is 7. The Morgan fingerprint density at radius 1 is 1.11 bits per heavy atom. The molecule has 0 bridgehead atoms. The van der Waals surface area contributed by atoms with Gasteiger partial charge in [0.2, 0.25) is 6.10 Å². The van der Waals surface area contributed by atoms with Crippen LogP contribution < -0.4 is 0 Å². The molecule has 2 unspecified atom stereocenters. The number of carbonyl (C=O) groups is 2. The first kappa shape index (κ1) is 17.2. The molecule has 0 saturated heterocycles. The molecule has 102 valence electrons. The number of hydrogen-bond donors (Lipinski definition) is 2. The maximum atomic E-state index is 11.4. The molecule has 2 N–H and O–H groups in total. The zero-order chi connectivity index (χ0) is 14.3. The summed E-state index contributed by atoms with van der Waals surface area (Å²) >= 11 is 0. The van der Waals surface area contributed by atoms with Gasteiger partial charge in [0.1, 0.15) is 0 Å². The van der Waals surface area contributed by atoms with Crippen LogP contribution in [0.3, 0.4) is 0 Å². The van der Waals surface area contributed by atoms with Gasteiger partial charge in [-0.05, 0) is 13.8 Å². The Hall–Kier alpha value is -0.820. The Morgan fingerprint density at radius 3 is 1.89 bits per heavy atom. The fourth-order valence-electron chi connectivity index (χ4n) is 0.983. The molecule has 0 aliphatic heterocycles. The largest absolute Gasteiger partial charge is 0.695 e. The number of esters is 1. The van der Waals surface area contributed by atoms with Crippen molar-refractivity contribution < 1.29 is 42.3 Å². The smallest absolute Gasteiger partial charge is 0.464 e. The van der Waals surface area contributed by atoms with Crippen molar-refractivity contribution in [3.05, 3.63) is 0 Å². The molecule has 11 heteroatoms. The van der Waals surface area contributed by atoms with Crippen LogP contribution >= 0.6 is 16.5 Å². The lowest BCUT2D eigenvalue weighted by molar-refractivity contribution is -0.159. The second kappa shape index (κ2) is 8.31. The lowest BCUT2D eigenvalue weighted by Gasteiger charge is -2.13. The molecular weight excluding hydrogens is 290 g/mol. The van der Waals surface area contributed by atoms with Gasteiger partial charge in [-0.1, -0.05) is 0 Å². The molecule has 4 atom stereocenters. The van der Waals surface area contributed by atoms with Crippen LogP contribution in [0.15, 0.2) is 0 Å². The predicted molar refractivity (Wildman–Crippen MR) is 56.7 cm³/mol. The molecule has 0 amide bonds. The van der Waals surface area contributed by atoms with E-state index in [0.717, 1.165) is 6.92 Å². The summed E-state index contributed by atoms with van der Waals surface area (Å²) in [5.41, 5.74) is 0. The van der Waals surface area contributed by atoms with Gasteiger partial charge in [0.15, 0.2) is 5.78 Å². The summed E-state index contributed by atoms with van der Waals surface area (Å²) in [6.07, 6.45) is -3.69. The third kappa shape index (κ3) is 6.20. The second-order valence-corrected chi connectivity index (χ2v) is 4.26. The van der Waals surface area contributed by atoms with Crippen molar-refractivity contribution in [2.24, 2.45) is 0 Å². The summed E-state index contributed by atoms with van der Waals surface area (Å²) < 4.78 is 34.2. The molecule has 9 nitrogen and oxygen atoms in total. The number of ether oxygens (including phenoxy) is 1. The van der Waals surface area contributed by atoms with E-state index in [1.807, 2.05) is 0 Å². The molecule has 0 aliphatic carbocycles. The number of Topliss-reactive ketones (excluding diaryl/α,β-unsaturated/α-hetero) is 1. The summed E-state index contributed by atoms with van der Waals surface area (Å²) in [6.45, 7) is 2.35. The van der Waals surface area contributed by atoms with E-state index in [1.165, 1.54) is 6.92 Å². The van der Waals surface area contributed by atoms with Crippen LogP contribution in [0.4, 0.5) is 0 Å². The summed E-state index contributed by atoms with van der Waals surface area (Å²) in [5.74, 6) is -1.98. The van der Waals surface area contributed by atoms with Crippen LogP contribution in [-0.4, -0.2) is 40.4 Å². The van der Waals surface area contributed by atoms with E-state index in [-0.39, 0.29) is 6.61 Å². The SMILES string of the molecule is CCOC(=O)[C@H](O[P+](=O)O)[C@@H](O[P+](=O)O)C(C)=O. The summed E-state index contributed by atoms with van der Waals surface area (Å²) in [5, 5.41) is 0. The van der Waals surface area contributed by atoms with Gasteiger partial charge in [-0.3, -0.25) is 4.79 Å². The second-order valence-electron chi connectivity index (χ2n) is 2.89. The first-order chi connectivity index (χ1) is 8.29. The minimum absolute atomic E-state index is 0.0726. The Morgan fingerprint density at radius 2 is 1.56 bits per heavy atom. The molecule has 0 rings (SSSR count). The quantitative estimate of drug-likeness (QED) is 0.476. The Balaban J connectivity index is 5.08. The van der Waals surface area contributed by atoms with E-state index in [9.17, 15) is 18.7 Å². The third-order valence-electron chi connectivity index (χ3n) is 1.60. The van der Waals surface area contributed by atoms with Gasteiger partial charge in [-0.15, -0.1) is 18.8 Å². The van der Waals surface area contributed by atoms with Crippen LogP contribution in [0.5, 0.6) is 0 Å². The fraction of sp³-hybridized carbons (Fsp3) is 0.714. The van der Waals surface area contributed by atoms with Gasteiger partial charge in [0.05, 0.1) is 6.61 Å². The first-order valence-corrected chi connectivity index (χ1v) is 6.88. The van der Waals surface area contributed by atoms with Gasteiger partial charge in [-0.25, -0.2) is 4.79 Å². The highest BCUT2D eigenvalue weighted by molar-refractivity contribution is 7.32. The number of carbonyl (C=O) groups excluding carboxylic acids is 2. The minimum Gasteiger partial charge on any atom is -0.464 e. The minimum atomic E-state index is -3.22. The highest BCUT2D eigenvalue weighted by Gasteiger charge is 2.46. The van der Waals surface area contributed by atoms with E-state index in [4.69, 9.17) is 9.79 Å². The molecule has 0 spiro atoms. The van der Waals surface area contributed by atoms with Crippen LogP contribution in [0, 0.1) is 0 Å². The maximum Gasteiger partial charge on any atom is 0.695 e. The highest BCUT2D eigenvalue weighted by atomic mass is 31.1. The van der Waals surface area contributed by atoms with Crippen LogP contribution in [-0.2, 0) is 32.5 Å². The summed E-state index contributed by atoms with van der Waals surface area (Å²) in [7, 11) is -6.42. The van der Waals surface area contributed by atoms with Crippen molar-refractivity contribution in [3.8, 4) is 0 Å². The topological polar surface area (TPSA) is 136 Å². The standard InChI is InChI=1S/C7H10O9P2/c1-3-14-7(9)6(16-18(12)13)5(4(2)8)15-17(10)11/h5-6H,3H2,1-2H3/p+2/t5-,6+/m0/s1. The van der Waals surface area contributed by atoms with Crippen molar-refractivity contribution in [1.29, 1.82) is 0 Å². The zero-order valence-electron chi connectivity index (χ0n) is 9.51. The average Bonchev–Trinajstić information content (AvgIpc) is 2.22. The van der Waals surface area contributed by atoms with Gasteiger partial charge in [-0.2, -0.15) is 0 Å². The zero-order valence-corrected chi connectivity index (χ0v) is 11.3. The van der Waals surface area contributed by atoms with Crippen LogP contribution in [0.1, 0.15) is 13.8 Å². The lowest BCUT2D eigenvalue weighted by Crippen LogP contribution is -2.41. The number of rotatable bonds is 8. The summed E-state index contributed by atoms with van der Waals surface area (Å²) in [4.78, 5) is 39.7. The Labute approximate surface area is 104 Å². The van der Waals surface area contributed by atoms with E-state index in [1.54, 1.807) is 0 Å². The van der Waals surface area contributed by atoms with Crippen LogP contribution in [0.25, 0.3) is 0 Å². The van der Waals surface area contributed by atoms with Gasteiger partial charge in [0, 0.05) is 9.13 Å². The third-order valence-corrected chi connectivity index (χ3v) is 2.42. The molecule has 0 aromatic heterocycles. The van der Waals surface area contributed by atoms with Crippen molar-refractivity contribution in [1.82, 2.24) is 0 Å². The molecule has 0 aromatic rings. The van der Waals surface area contributed by atoms with E-state index in [2.05, 4.69) is 13.8 Å². The normalized spacial score (nSPS) is 15.6. The maximum absolute atomic E-state index is 11.4. The molecule has 0 aromatic carbocycles. The van der Waals surface area contributed by atoms with Crippen LogP contribution in [0.2, 0.25) is 0 Å². The molecule has 18 heavy (non-hydrogen) atoms. The van der Waals surface area contributed by atoms with Gasteiger partial charge >= 0.3 is 22.5 Å². The highest BCUT2D eigenvalue weighted by Crippen LogP contribution is 2.27. The van der Waals surface area contributed by atoms with Crippen molar-refractivity contribution >= 4 is 28.3 Å². The van der Waals surface area contributed by atoms with Crippen molar-refractivity contribution in [2.45, 2.75) is 26.1 Å². The Kier molecular flexibility index (Phi) is 7.93. The lowest BCUT2D eigenvalue weighted by atomic mass is 10.1. The number of ketones is 1. The predicted octanol–water partition coefficient (Wildman–Crippen LogP) is 0.208. The van der Waals surface area contributed by atoms with E-state index < -0.39 is 40.5 Å². The molecule has 0 aliphatic rings. The molecule has 0 radical (unpaired) electrons.